The van der Waals surface area contributed by atoms with Gasteiger partial charge < -0.3 is 14.3 Å². The molecule has 0 aliphatic rings. The highest BCUT2D eigenvalue weighted by Gasteiger charge is 2.19. The van der Waals surface area contributed by atoms with E-state index < -0.39 is 0 Å². The lowest BCUT2D eigenvalue weighted by molar-refractivity contribution is -0.120. The number of nitrogens with zero attached hydrogens (tertiary/aromatic N) is 3. The van der Waals surface area contributed by atoms with Crippen LogP contribution >= 0.6 is 11.8 Å². The summed E-state index contributed by atoms with van der Waals surface area (Å²) < 4.78 is 7.15. The fourth-order valence-electron chi connectivity index (χ4n) is 2.32. The number of benzene rings is 1. The molecule has 130 valence electrons. The van der Waals surface area contributed by atoms with E-state index in [0.717, 1.165) is 16.7 Å². The summed E-state index contributed by atoms with van der Waals surface area (Å²) in [6, 6.07) is 13.8. The number of hydrogen-bond donors (Lipinski definition) is 1. The molecule has 2 aromatic heterocycles. The van der Waals surface area contributed by atoms with Crippen molar-refractivity contribution in [1.82, 2.24) is 20.1 Å². The summed E-state index contributed by atoms with van der Waals surface area (Å²) in [6.45, 7) is 2.24. The van der Waals surface area contributed by atoms with Crippen molar-refractivity contribution in [3.8, 4) is 0 Å². The highest BCUT2D eigenvalue weighted by atomic mass is 32.2. The third-order valence-electron chi connectivity index (χ3n) is 3.80. The number of furan rings is 1. The Balaban J connectivity index is 1.57. The van der Waals surface area contributed by atoms with Gasteiger partial charge in [0.05, 0.1) is 18.1 Å². The maximum atomic E-state index is 12.2. The minimum Gasteiger partial charge on any atom is -0.467 e. The van der Waals surface area contributed by atoms with Gasteiger partial charge in [-0.05, 0) is 24.6 Å². The van der Waals surface area contributed by atoms with Crippen LogP contribution in [0.2, 0.25) is 0 Å². The van der Waals surface area contributed by atoms with E-state index in [0.29, 0.717) is 13.0 Å². The molecule has 3 rings (SSSR count). The number of amides is 1. The molecular weight excluding hydrogens is 336 g/mol. The number of carbonyl (C=O) groups is 1. The third kappa shape index (κ3) is 4.51. The Morgan fingerprint density at radius 3 is 2.76 bits per heavy atom. The van der Waals surface area contributed by atoms with Gasteiger partial charge in [0.25, 0.3) is 0 Å². The molecule has 0 fully saturated rings. The topological polar surface area (TPSA) is 73.0 Å². The largest absolute Gasteiger partial charge is 0.467 e. The molecule has 1 N–H and O–H groups in total. The van der Waals surface area contributed by atoms with Gasteiger partial charge in [0, 0.05) is 13.5 Å². The van der Waals surface area contributed by atoms with Crippen molar-refractivity contribution in [1.29, 1.82) is 0 Å². The van der Waals surface area contributed by atoms with Crippen LogP contribution in [-0.2, 0) is 24.8 Å². The summed E-state index contributed by atoms with van der Waals surface area (Å²) in [4.78, 5) is 12.2. The van der Waals surface area contributed by atoms with Gasteiger partial charge in [0.2, 0.25) is 5.91 Å². The number of thioether (sulfide) groups is 1. The molecule has 0 saturated carbocycles. The van der Waals surface area contributed by atoms with Gasteiger partial charge in [-0.3, -0.25) is 4.79 Å². The van der Waals surface area contributed by atoms with Crippen LogP contribution in [0.1, 0.15) is 24.1 Å². The van der Waals surface area contributed by atoms with E-state index in [1.807, 2.05) is 42.8 Å². The molecule has 0 aliphatic heterocycles. The van der Waals surface area contributed by atoms with Crippen LogP contribution in [0.3, 0.4) is 0 Å². The molecule has 2 heterocycles. The highest BCUT2D eigenvalue weighted by Crippen LogP contribution is 2.22. The maximum absolute atomic E-state index is 12.2. The summed E-state index contributed by atoms with van der Waals surface area (Å²) in [5.74, 6) is 1.54. The lowest BCUT2D eigenvalue weighted by Crippen LogP contribution is -2.30. The molecule has 6 nitrogen and oxygen atoms in total. The van der Waals surface area contributed by atoms with Gasteiger partial charge in [-0.25, -0.2) is 0 Å². The fourth-order valence-corrected chi connectivity index (χ4v) is 3.18. The second-order valence-corrected chi connectivity index (χ2v) is 6.99. The Bertz CT molecular complexity index is 815. The number of aromatic nitrogens is 3. The average Bonchev–Trinajstić information content (AvgIpc) is 3.26. The zero-order valence-corrected chi connectivity index (χ0v) is 15.0. The van der Waals surface area contributed by atoms with Crippen molar-refractivity contribution in [2.45, 2.75) is 30.3 Å². The van der Waals surface area contributed by atoms with Gasteiger partial charge in [0.1, 0.15) is 11.6 Å². The Kier molecular flexibility index (Phi) is 5.55. The van der Waals surface area contributed by atoms with E-state index in [1.54, 1.807) is 12.3 Å². The molecular formula is C18H20N4O2S. The van der Waals surface area contributed by atoms with Crippen LogP contribution in [-0.4, -0.2) is 25.9 Å². The quantitative estimate of drug-likeness (QED) is 0.659. The maximum Gasteiger partial charge on any atom is 0.233 e. The average molecular weight is 356 g/mol. The smallest absolute Gasteiger partial charge is 0.233 e. The number of rotatable bonds is 7. The normalized spacial score (nSPS) is 12.1. The molecule has 1 amide bonds. The SMILES string of the molecule is C[C@H](Sc1nnc(Cc2ccccc2)n1C)C(=O)NCc1ccco1. The predicted molar refractivity (Wildman–Crippen MR) is 96.1 cm³/mol. The van der Waals surface area contributed by atoms with E-state index in [2.05, 4.69) is 27.6 Å². The van der Waals surface area contributed by atoms with Crippen LogP contribution < -0.4 is 5.32 Å². The third-order valence-corrected chi connectivity index (χ3v) is 4.93. The van der Waals surface area contributed by atoms with Crippen LogP contribution in [0.25, 0.3) is 0 Å². The second-order valence-electron chi connectivity index (χ2n) is 5.68. The summed E-state index contributed by atoms with van der Waals surface area (Å²) in [6.07, 6.45) is 2.30. The lowest BCUT2D eigenvalue weighted by atomic mass is 10.1. The molecule has 1 atom stereocenters. The first-order valence-electron chi connectivity index (χ1n) is 8.02. The Hall–Kier alpha value is -2.54. The highest BCUT2D eigenvalue weighted by molar-refractivity contribution is 8.00. The van der Waals surface area contributed by atoms with Crippen molar-refractivity contribution < 1.29 is 9.21 Å². The first-order valence-corrected chi connectivity index (χ1v) is 8.90. The van der Waals surface area contributed by atoms with Crippen LogP contribution in [0.4, 0.5) is 0 Å². The van der Waals surface area contributed by atoms with Gasteiger partial charge in [-0.1, -0.05) is 42.1 Å². The Morgan fingerprint density at radius 2 is 2.04 bits per heavy atom. The molecule has 25 heavy (non-hydrogen) atoms. The number of carbonyl (C=O) groups excluding carboxylic acids is 1. The van der Waals surface area contributed by atoms with E-state index in [4.69, 9.17) is 4.42 Å². The Labute approximate surface area is 150 Å². The van der Waals surface area contributed by atoms with E-state index in [1.165, 1.54) is 17.3 Å². The predicted octanol–water partition coefficient (Wildman–Crippen LogP) is 2.80. The second kappa shape index (κ2) is 8.02. The molecule has 0 aliphatic carbocycles. The van der Waals surface area contributed by atoms with Crippen molar-refractivity contribution in [3.63, 3.8) is 0 Å². The molecule has 3 aromatic rings. The van der Waals surface area contributed by atoms with Crippen LogP contribution in [0.5, 0.6) is 0 Å². The molecule has 0 saturated heterocycles. The molecule has 0 bridgehead atoms. The Morgan fingerprint density at radius 1 is 1.24 bits per heavy atom. The van der Waals surface area contributed by atoms with Crippen LogP contribution in [0.15, 0.2) is 58.3 Å². The van der Waals surface area contributed by atoms with Gasteiger partial charge in [-0.2, -0.15) is 0 Å². The minimum atomic E-state index is -0.276. The number of nitrogens with one attached hydrogen (secondary N) is 1. The summed E-state index contributed by atoms with van der Waals surface area (Å²) >= 11 is 1.39. The molecule has 0 spiro atoms. The van der Waals surface area contributed by atoms with Crippen molar-refractivity contribution in [2.24, 2.45) is 7.05 Å². The zero-order valence-electron chi connectivity index (χ0n) is 14.2. The summed E-state index contributed by atoms with van der Waals surface area (Å²) in [5.41, 5.74) is 1.18. The van der Waals surface area contributed by atoms with Gasteiger partial charge in [0.15, 0.2) is 5.16 Å². The molecule has 0 radical (unpaired) electrons. The molecule has 7 heteroatoms. The lowest BCUT2D eigenvalue weighted by Gasteiger charge is -2.11. The number of hydrogen-bond acceptors (Lipinski definition) is 5. The summed E-state index contributed by atoms with van der Waals surface area (Å²) in [5, 5.41) is 11.8. The first kappa shape index (κ1) is 17.3. The first-order chi connectivity index (χ1) is 12.1. The van der Waals surface area contributed by atoms with Crippen molar-refractivity contribution in [3.05, 3.63) is 65.9 Å². The minimum absolute atomic E-state index is 0.0611. The van der Waals surface area contributed by atoms with Crippen molar-refractivity contribution in [2.75, 3.05) is 0 Å². The van der Waals surface area contributed by atoms with Gasteiger partial charge in [-0.15, -0.1) is 10.2 Å². The van der Waals surface area contributed by atoms with E-state index in [9.17, 15) is 4.79 Å². The van der Waals surface area contributed by atoms with Crippen LogP contribution in [0, 0.1) is 0 Å². The zero-order chi connectivity index (χ0) is 17.6. The van der Waals surface area contributed by atoms with E-state index >= 15 is 0 Å². The fraction of sp³-hybridized carbons (Fsp3) is 0.278. The monoisotopic (exact) mass is 356 g/mol. The molecule has 1 aromatic carbocycles. The van der Waals surface area contributed by atoms with Gasteiger partial charge >= 0.3 is 0 Å². The molecule has 0 unspecified atom stereocenters. The van der Waals surface area contributed by atoms with E-state index in [-0.39, 0.29) is 11.2 Å². The van der Waals surface area contributed by atoms with Crippen molar-refractivity contribution >= 4 is 17.7 Å². The standard InChI is InChI=1S/C18H20N4O2S/c1-13(17(23)19-12-15-9-6-10-24-15)25-18-21-20-16(22(18)2)11-14-7-4-3-5-8-14/h3-10,13H,11-12H2,1-2H3,(H,19,23)/t13-/m0/s1. The summed E-state index contributed by atoms with van der Waals surface area (Å²) in [7, 11) is 1.92.